The van der Waals surface area contributed by atoms with Gasteiger partial charge in [-0.05, 0) is 39.5 Å². The number of aryl methyl sites for hydroxylation is 1. The lowest BCUT2D eigenvalue weighted by Crippen LogP contribution is -3.00. The third-order valence-corrected chi connectivity index (χ3v) is 10.1. The SMILES string of the molecule is CC[n+]1ccccc1CNC(=O)OC[C@@H]1OCCC[C@@H]1SC(=O)N(CCCCCCCCCCCCCCCCCC(C)=O)C(C)=O.[Cl-]. The van der Waals surface area contributed by atoms with E-state index in [0.717, 1.165) is 68.9 Å². The molecule has 3 amide bonds. The molecule has 0 unspecified atom stereocenters. The number of carbonyl (C=O) groups is 4. The minimum atomic E-state index is -0.522. The van der Waals surface area contributed by atoms with Crippen LogP contribution in [0.25, 0.3) is 0 Å². The predicted molar refractivity (Wildman–Crippen MR) is 188 cm³/mol. The molecule has 2 rings (SSSR count). The maximum absolute atomic E-state index is 13.1. The van der Waals surface area contributed by atoms with Crippen LogP contribution in [-0.2, 0) is 32.2 Å². The highest BCUT2D eigenvalue weighted by Gasteiger charge is 2.32. The van der Waals surface area contributed by atoms with Crippen molar-refractivity contribution in [1.82, 2.24) is 10.2 Å². The highest BCUT2D eigenvalue weighted by atomic mass is 35.5. The van der Waals surface area contributed by atoms with E-state index >= 15 is 0 Å². The van der Waals surface area contributed by atoms with Gasteiger partial charge in [-0.3, -0.25) is 14.5 Å². The summed E-state index contributed by atoms with van der Waals surface area (Å²) in [4.78, 5) is 50.2. The largest absolute Gasteiger partial charge is 1.00 e. The first-order chi connectivity index (χ1) is 22.8. The summed E-state index contributed by atoms with van der Waals surface area (Å²) in [6.45, 7) is 7.39. The Morgan fingerprint density at radius 1 is 0.896 bits per heavy atom. The van der Waals surface area contributed by atoms with Gasteiger partial charge in [-0.15, -0.1) is 0 Å². The number of aromatic nitrogens is 1. The zero-order valence-electron chi connectivity index (χ0n) is 29.9. The van der Waals surface area contributed by atoms with Gasteiger partial charge >= 0.3 is 6.09 Å². The van der Waals surface area contributed by atoms with Crippen LogP contribution in [0.3, 0.4) is 0 Å². The van der Waals surface area contributed by atoms with Gasteiger partial charge in [-0.1, -0.05) is 101 Å². The number of hydrogen-bond acceptors (Lipinski definition) is 7. The first-order valence-corrected chi connectivity index (χ1v) is 19.2. The molecule has 1 aliphatic rings. The second-order valence-corrected chi connectivity index (χ2v) is 14.0. The van der Waals surface area contributed by atoms with Gasteiger partial charge in [-0.2, -0.15) is 0 Å². The number of ketones is 1. The molecule has 0 radical (unpaired) electrons. The van der Waals surface area contributed by atoms with E-state index in [1.54, 1.807) is 6.92 Å². The number of unbranched alkanes of at least 4 members (excludes halogenated alkanes) is 14. The van der Waals surface area contributed by atoms with Crippen LogP contribution < -0.4 is 22.3 Å². The molecular weight excluding hydrogens is 650 g/mol. The van der Waals surface area contributed by atoms with E-state index in [0.29, 0.717) is 25.5 Å². The topological polar surface area (TPSA) is 106 Å². The lowest BCUT2D eigenvalue weighted by molar-refractivity contribution is -0.701. The first-order valence-electron chi connectivity index (χ1n) is 18.3. The van der Waals surface area contributed by atoms with E-state index < -0.39 is 12.2 Å². The summed E-state index contributed by atoms with van der Waals surface area (Å²) in [5.74, 6) is 0.0766. The molecule has 1 aliphatic heterocycles. The molecule has 1 aromatic heterocycles. The molecule has 274 valence electrons. The number of ether oxygens (including phenoxy) is 2. The second kappa shape index (κ2) is 27.6. The lowest BCUT2D eigenvalue weighted by atomic mass is 10.0. The van der Waals surface area contributed by atoms with Gasteiger partial charge < -0.3 is 32.0 Å². The number of rotatable bonds is 24. The molecule has 9 nitrogen and oxygen atoms in total. The van der Waals surface area contributed by atoms with Crippen LogP contribution in [0.2, 0.25) is 0 Å². The Morgan fingerprint density at radius 3 is 2.04 bits per heavy atom. The fourth-order valence-corrected chi connectivity index (χ4v) is 7.17. The quantitative estimate of drug-likeness (QED) is 0.115. The van der Waals surface area contributed by atoms with Gasteiger partial charge in [-0.25, -0.2) is 9.36 Å². The number of thioether (sulfide) groups is 1. The summed E-state index contributed by atoms with van der Waals surface area (Å²) >= 11 is 1.14. The Kier molecular flexibility index (Phi) is 25.2. The predicted octanol–water partition coefficient (Wildman–Crippen LogP) is 5.30. The van der Waals surface area contributed by atoms with Crippen LogP contribution in [0.5, 0.6) is 0 Å². The van der Waals surface area contributed by atoms with Crippen molar-refractivity contribution in [1.29, 1.82) is 0 Å². The molecule has 0 spiro atoms. The van der Waals surface area contributed by atoms with E-state index in [4.69, 9.17) is 9.47 Å². The molecule has 0 aliphatic carbocycles. The summed E-state index contributed by atoms with van der Waals surface area (Å²) in [5.41, 5.74) is 0.979. The van der Waals surface area contributed by atoms with Gasteiger partial charge in [0.2, 0.25) is 11.6 Å². The fraction of sp³-hybridized carbons (Fsp3) is 0.757. The highest BCUT2D eigenvalue weighted by molar-refractivity contribution is 8.14. The number of alkyl carbamates (subject to hydrolysis) is 1. The fourth-order valence-electron chi connectivity index (χ4n) is 5.97. The molecule has 1 fully saturated rings. The number of halogens is 1. The normalized spacial score (nSPS) is 15.7. The summed E-state index contributed by atoms with van der Waals surface area (Å²) in [6, 6.07) is 5.85. The second-order valence-electron chi connectivity index (χ2n) is 12.8. The molecule has 48 heavy (non-hydrogen) atoms. The molecule has 1 saturated heterocycles. The van der Waals surface area contributed by atoms with Crippen LogP contribution in [-0.4, -0.2) is 59.0 Å². The van der Waals surface area contributed by atoms with Gasteiger partial charge in [0, 0.05) is 43.9 Å². The van der Waals surface area contributed by atoms with Crippen LogP contribution in [0, 0.1) is 0 Å². The number of nitrogens with one attached hydrogen (secondary N) is 1. The van der Waals surface area contributed by atoms with Gasteiger partial charge in [0.1, 0.15) is 31.6 Å². The molecule has 2 atom stereocenters. The Balaban J connectivity index is 0.0000115. The minimum Gasteiger partial charge on any atom is -1.00 e. The van der Waals surface area contributed by atoms with Crippen LogP contribution >= 0.6 is 11.8 Å². The average Bonchev–Trinajstić information content (AvgIpc) is 3.06. The average molecular weight is 712 g/mol. The van der Waals surface area contributed by atoms with Crippen molar-refractivity contribution in [2.24, 2.45) is 0 Å². The van der Waals surface area contributed by atoms with Crippen molar-refractivity contribution in [3.63, 3.8) is 0 Å². The molecule has 1 aromatic rings. The standard InChI is InChI=1S/C37H61N3O6S.ClH/c1-4-39-26-21-19-24-33(39)29-38-36(43)46-30-34-35(25-22-28-45-34)47-37(44)40(32(3)42)27-20-17-15-13-11-9-7-5-6-8-10-12-14-16-18-23-31(2)41;/h19,21,24,26,34-35H,4-18,20,22-23,25,27-30H2,1-3H3;1H/t34-,35-;/m0./s1. The van der Waals surface area contributed by atoms with Crippen LogP contribution in [0.4, 0.5) is 9.59 Å². The molecular formula is C37H62ClN3O6S. The van der Waals surface area contributed by atoms with Gasteiger partial charge in [0.05, 0.1) is 0 Å². The number of amides is 3. The zero-order valence-corrected chi connectivity index (χ0v) is 31.4. The van der Waals surface area contributed by atoms with Crippen molar-refractivity contribution < 1.29 is 45.6 Å². The molecule has 0 aromatic carbocycles. The van der Waals surface area contributed by atoms with Gasteiger partial charge in [0.15, 0.2) is 6.20 Å². The zero-order chi connectivity index (χ0) is 34.1. The lowest BCUT2D eigenvalue weighted by Gasteiger charge is -2.31. The third kappa shape index (κ3) is 19.7. The van der Waals surface area contributed by atoms with Crippen LogP contribution in [0.1, 0.15) is 142 Å². The Labute approximate surface area is 300 Å². The van der Waals surface area contributed by atoms with E-state index in [1.165, 1.54) is 82.5 Å². The summed E-state index contributed by atoms with van der Waals surface area (Å²) in [7, 11) is 0. The monoisotopic (exact) mass is 711 g/mol. The smallest absolute Gasteiger partial charge is 0.407 e. The Morgan fingerprint density at radius 2 is 1.48 bits per heavy atom. The van der Waals surface area contributed by atoms with Crippen LogP contribution in [0.15, 0.2) is 24.4 Å². The van der Waals surface area contributed by atoms with Crippen molar-refractivity contribution >= 4 is 34.8 Å². The molecule has 0 bridgehead atoms. The number of hydrogen-bond donors (Lipinski definition) is 1. The number of carbonyl (C=O) groups excluding carboxylic acids is 4. The first kappa shape index (κ1) is 43.9. The van der Waals surface area contributed by atoms with E-state index in [-0.39, 0.29) is 35.4 Å². The van der Waals surface area contributed by atoms with Crippen molar-refractivity contribution in [2.45, 2.75) is 161 Å². The number of pyridine rings is 1. The summed E-state index contributed by atoms with van der Waals surface area (Å²) < 4.78 is 13.4. The molecule has 1 N–H and O–H groups in total. The van der Waals surface area contributed by atoms with Crippen molar-refractivity contribution in [2.75, 3.05) is 19.8 Å². The Bertz CT molecular complexity index is 1060. The van der Waals surface area contributed by atoms with E-state index in [2.05, 4.69) is 9.88 Å². The third-order valence-electron chi connectivity index (χ3n) is 8.81. The number of Topliss-reactive ketones (excluding diaryl/α,β-unsaturated/α-hetero) is 1. The summed E-state index contributed by atoms with van der Waals surface area (Å²) in [5, 5.41) is 2.37. The molecule has 11 heteroatoms. The molecule has 0 saturated carbocycles. The maximum Gasteiger partial charge on any atom is 0.407 e. The molecule has 2 heterocycles. The minimum absolute atomic E-state index is 0. The Hall–Kier alpha value is -2.17. The number of nitrogens with zero attached hydrogens (tertiary/aromatic N) is 2. The van der Waals surface area contributed by atoms with E-state index in [9.17, 15) is 19.2 Å². The highest BCUT2D eigenvalue weighted by Crippen LogP contribution is 2.29. The van der Waals surface area contributed by atoms with Crippen molar-refractivity contribution in [3.05, 3.63) is 30.1 Å². The maximum atomic E-state index is 13.1. The van der Waals surface area contributed by atoms with Gasteiger partial charge in [0.25, 0.3) is 5.24 Å². The number of imide groups is 1. The van der Waals surface area contributed by atoms with E-state index in [1.807, 2.05) is 31.3 Å². The van der Waals surface area contributed by atoms with Crippen molar-refractivity contribution in [3.8, 4) is 0 Å². The summed E-state index contributed by atoms with van der Waals surface area (Å²) in [6.07, 6.45) is 21.4.